The molecule has 4 rings (SSSR count). The minimum atomic E-state index is -4.97. The smallest absolute Gasteiger partial charge is 0.294 e. The van der Waals surface area contributed by atoms with Gasteiger partial charge in [-0.25, -0.2) is 8.78 Å². The van der Waals surface area contributed by atoms with Crippen molar-refractivity contribution in [3.8, 4) is 0 Å². The van der Waals surface area contributed by atoms with Crippen molar-refractivity contribution in [2.24, 2.45) is 21.0 Å². The molecule has 0 radical (unpaired) electrons. The molecule has 2 aromatic rings. The fourth-order valence-electron chi connectivity index (χ4n) is 6.69. The van der Waals surface area contributed by atoms with Crippen molar-refractivity contribution in [2.75, 3.05) is 6.54 Å². The largest absolute Gasteiger partial charge is 0.433 e. The molecule has 1 amide bonds. The number of Topliss-reactive ketones (excluding diaryl/α,β-unsaturated/α-hetero) is 2. The van der Waals surface area contributed by atoms with Gasteiger partial charge in [-0.1, -0.05) is 13.8 Å². The van der Waals surface area contributed by atoms with Gasteiger partial charge in [0.15, 0.2) is 17.3 Å². The van der Waals surface area contributed by atoms with Gasteiger partial charge in [-0.2, -0.15) is 18.3 Å². The van der Waals surface area contributed by atoms with Crippen LogP contribution in [0.3, 0.4) is 0 Å². The molecule has 1 fully saturated rings. The van der Waals surface area contributed by atoms with Crippen LogP contribution in [0.15, 0.2) is 45.7 Å². The van der Waals surface area contributed by atoms with Gasteiger partial charge in [0.05, 0.1) is 29.7 Å². The quantitative estimate of drug-likeness (QED) is 0.105. The zero-order chi connectivity index (χ0) is 34.0. The molecule has 1 aromatic carbocycles. The number of nitrogens with zero attached hydrogens (tertiary/aromatic N) is 4. The molecule has 0 saturated heterocycles. The number of amides is 1. The van der Waals surface area contributed by atoms with Gasteiger partial charge >= 0.3 is 6.18 Å². The molecule has 2 atom stereocenters. The van der Waals surface area contributed by atoms with E-state index in [-0.39, 0.29) is 49.8 Å². The molecule has 14 heteroatoms. The van der Waals surface area contributed by atoms with E-state index in [1.807, 2.05) is 0 Å². The lowest BCUT2D eigenvalue weighted by Crippen LogP contribution is -2.32. The molecule has 2 aliphatic rings. The lowest BCUT2D eigenvalue weighted by molar-refractivity contribution is -0.145. The summed E-state index contributed by atoms with van der Waals surface area (Å²) in [4.78, 5) is 53.6. The summed E-state index contributed by atoms with van der Waals surface area (Å²) < 4.78 is 72.7. The summed E-state index contributed by atoms with van der Waals surface area (Å²) in [5, 5.41) is 5.66. The van der Waals surface area contributed by atoms with E-state index in [0.29, 0.717) is 24.5 Å². The Hall–Kier alpha value is -3.61. The van der Waals surface area contributed by atoms with Crippen LogP contribution in [-0.4, -0.2) is 45.4 Å². The molecular formula is C32H34ClF5N4O4. The molecule has 2 unspecified atom stereocenters. The van der Waals surface area contributed by atoms with Crippen molar-refractivity contribution in [3.05, 3.63) is 68.9 Å². The molecule has 1 aliphatic heterocycles. The highest BCUT2D eigenvalue weighted by atomic mass is 35.5. The number of halogens is 6. The summed E-state index contributed by atoms with van der Waals surface area (Å²) >= 11 is 6.37. The highest BCUT2D eigenvalue weighted by molar-refractivity contribution is 6.27. The van der Waals surface area contributed by atoms with Crippen molar-refractivity contribution in [1.82, 2.24) is 9.78 Å². The molecule has 0 bridgehead atoms. The Morgan fingerprint density at radius 2 is 1.67 bits per heavy atom. The van der Waals surface area contributed by atoms with Crippen molar-refractivity contribution >= 4 is 35.3 Å². The maximum absolute atomic E-state index is 14.6. The number of dihydropyridines is 1. The second-order valence-electron chi connectivity index (χ2n) is 13.1. The maximum Gasteiger partial charge on any atom is 0.433 e. The Balaban J connectivity index is 1.65. The lowest BCUT2D eigenvalue weighted by Gasteiger charge is -2.37. The molecule has 1 saturated carbocycles. The number of rotatable bonds is 11. The van der Waals surface area contributed by atoms with E-state index >= 15 is 0 Å². The Morgan fingerprint density at radius 1 is 1.07 bits per heavy atom. The number of ketones is 2. The standard InChI is InChI=1S/C32H34ClF5N4O4/c1-18-15-39-17-24(33)28(18)26(44)13-31(3,11-19-8-20(34)10-21(35)9-19)12-25(43)23-16-40-42(29(23)32(36,37)38)22-4-6-30(2,7-5-22)14-27(45)41-46/h8-10,15-16,22,24H,4-7,11-14,17H2,1-3H3. The minimum Gasteiger partial charge on any atom is -0.294 e. The van der Waals surface area contributed by atoms with E-state index in [0.717, 1.165) is 23.0 Å². The second kappa shape index (κ2) is 13.6. The number of hydrogen-bond acceptors (Lipinski definition) is 6. The average molecular weight is 669 g/mol. The zero-order valence-corrected chi connectivity index (χ0v) is 26.4. The van der Waals surface area contributed by atoms with Crippen LogP contribution in [0.25, 0.3) is 0 Å². The van der Waals surface area contributed by atoms with E-state index in [4.69, 9.17) is 11.6 Å². The predicted octanol–water partition coefficient (Wildman–Crippen LogP) is 7.77. The molecule has 46 heavy (non-hydrogen) atoms. The Bertz CT molecular complexity index is 1570. The summed E-state index contributed by atoms with van der Waals surface area (Å²) in [6.45, 7) is 5.07. The van der Waals surface area contributed by atoms with Crippen LogP contribution in [0.5, 0.6) is 0 Å². The number of hydrogen-bond donors (Lipinski definition) is 0. The van der Waals surface area contributed by atoms with Crippen LogP contribution in [0.2, 0.25) is 0 Å². The number of aromatic nitrogens is 2. The van der Waals surface area contributed by atoms with E-state index in [1.54, 1.807) is 13.8 Å². The Morgan fingerprint density at radius 3 is 2.24 bits per heavy atom. The fourth-order valence-corrected chi connectivity index (χ4v) is 7.06. The van der Waals surface area contributed by atoms with Gasteiger partial charge in [0.25, 0.3) is 5.91 Å². The van der Waals surface area contributed by atoms with Gasteiger partial charge in [0, 0.05) is 42.3 Å². The lowest BCUT2D eigenvalue weighted by atomic mass is 9.71. The zero-order valence-electron chi connectivity index (χ0n) is 25.6. The number of aliphatic imine (C=N–C) groups is 1. The molecule has 1 aromatic heterocycles. The first-order valence-electron chi connectivity index (χ1n) is 14.8. The second-order valence-corrected chi connectivity index (χ2v) is 13.6. The van der Waals surface area contributed by atoms with E-state index < -0.39 is 75.2 Å². The van der Waals surface area contributed by atoms with Crippen LogP contribution in [0.4, 0.5) is 22.0 Å². The third kappa shape index (κ3) is 8.21. The molecular weight excluding hydrogens is 635 g/mol. The maximum atomic E-state index is 14.6. The van der Waals surface area contributed by atoms with Gasteiger partial charge in [-0.3, -0.25) is 24.1 Å². The average Bonchev–Trinajstić information content (AvgIpc) is 3.38. The number of allylic oxidation sites excluding steroid dienone is 1. The van der Waals surface area contributed by atoms with Crippen LogP contribution in [-0.2, 0) is 22.2 Å². The molecule has 8 nitrogen and oxygen atoms in total. The van der Waals surface area contributed by atoms with Crippen LogP contribution in [0.1, 0.15) is 93.4 Å². The normalized spacial score (nSPS) is 23.2. The topological polar surface area (TPSA) is 111 Å². The molecule has 0 spiro atoms. The highest BCUT2D eigenvalue weighted by Crippen LogP contribution is 2.46. The number of carbonyl (C=O) groups is 3. The Labute approximate surface area is 267 Å². The number of benzene rings is 1. The summed E-state index contributed by atoms with van der Waals surface area (Å²) in [6, 6.07) is 2.04. The molecule has 0 N–H and O–H groups in total. The first kappa shape index (κ1) is 35.2. The summed E-state index contributed by atoms with van der Waals surface area (Å²) in [5.41, 5.74) is -2.98. The van der Waals surface area contributed by atoms with Crippen molar-refractivity contribution in [1.29, 1.82) is 0 Å². The SMILES string of the molecule is CC1=C(C(=O)CC(C)(CC(=O)c2cnn(C3CCC(C)(CC(=O)N=O)CC3)c2C(F)(F)F)Cc2cc(F)cc(F)c2)C(Cl)CN=C1. The van der Waals surface area contributed by atoms with Crippen LogP contribution >= 0.6 is 11.6 Å². The van der Waals surface area contributed by atoms with Gasteiger partial charge in [-0.05, 0) is 73.1 Å². The van der Waals surface area contributed by atoms with E-state index in [9.17, 15) is 41.2 Å². The predicted molar refractivity (Wildman–Crippen MR) is 161 cm³/mol. The monoisotopic (exact) mass is 668 g/mol. The number of alkyl halides is 4. The number of nitroso groups, excluding NO2 is 1. The van der Waals surface area contributed by atoms with Crippen molar-refractivity contribution in [2.45, 2.75) is 89.7 Å². The molecule has 248 valence electrons. The van der Waals surface area contributed by atoms with Crippen molar-refractivity contribution in [3.63, 3.8) is 0 Å². The van der Waals surface area contributed by atoms with Gasteiger partial charge in [0.2, 0.25) is 0 Å². The number of carbonyl (C=O) groups excluding carboxylic acids is 3. The molecule has 1 aliphatic carbocycles. The van der Waals surface area contributed by atoms with Gasteiger partial charge < -0.3 is 0 Å². The first-order chi connectivity index (χ1) is 21.4. The molecule has 2 heterocycles. The third-order valence-corrected chi connectivity index (χ3v) is 9.23. The van der Waals surface area contributed by atoms with E-state index in [2.05, 4.69) is 15.3 Å². The van der Waals surface area contributed by atoms with Gasteiger partial charge in [0.1, 0.15) is 11.6 Å². The van der Waals surface area contributed by atoms with Crippen LogP contribution in [0, 0.1) is 27.4 Å². The van der Waals surface area contributed by atoms with Crippen molar-refractivity contribution < 1.29 is 36.3 Å². The Kier molecular flexibility index (Phi) is 10.4. The van der Waals surface area contributed by atoms with E-state index in [1.165, 1.54) is 13.1 Å². The summed E-state index contributed by atoms with van der Waals surface area (Å²) in [7, 11) is 0. The third-order valence-electron chi connectivity index (χ3n) is 8.87. The highest BCUT2D eigenvalue weighted by Gasteiger charge is 2.44. The summed E-state index contributed by atoms with van der Waals surface area (Å²) in [5.74, 6) is -3.97. The first-order valence-corrected chi connectivity index (χ1v) is 15.2. The fraction of sp³-hybridized carbons (Fsp3) is 0.531. The van der Waals surface area contributed by atoms with Crippen LogP contribution < -0.4 is 0 Å². The summed E-state index contributed by atoms with van der Waals surface area (Å²) in [6.07, 6.45) is -2.72. The van der Waals surface area contributed by atoms with Gasteiger partial charge in [-0.15, -0.1) is 16.5 Å². The minimum absolute atomic E-state index is 0.113.